The Morgan fingerprint density at radius 2 is 1.83 bits per heavy atom. The molecular formula is C31H28N2O3. The first-order chi connectivity index (χ1) is 17.5. The third kappa shape index (κ3) is 4.36. The SMILES string of the molecule is CCOc1c(/C(C)=C/C(=O)Nc2ccc(C)cn2)cc2c(-c3cccc4ccccc34)coc2c1C. The number of hydrogen-bond acceptors (Lipinski definition) is 4. The van der Waals surface area contributed by atoms with Gasteiger partial charge in [0.1, 0.15) is 17.2 Å². The van der Waals surface area contributed by atoms with E-state index >= 15 is 0 Å². The molecule has 2 aromatic heterocycles. The molecule has 0 atom stereocenters. The Balaban J connectivity index is 1.62. The molecule has 0 radical (unpaired) electrons. The number of pyridine rings is 1. The van der Waals surface area contributed by atoms with Crippen LogP contribution in [0.15, 0.2) is 83.6 Å². The summed E-state index contributed by atoms with van der Waals surface area (Å²) in [7, 11) is 0. The minimum absolute atomic E-state index is 0.245. The van der Waals surface area contributed by atoms with Crippen molar-refractivity contribution in [2.24, 2.45) is 0 Å². The Hall–Kier alpha value is -4.38. The van der Waals surface area contributed by atoms with E-state index < -0.39 is 0 Å². The van der Waals surface area contributed by atoms with Gasteiger partial charge in [-0.2, -0.15) is 0 Å². The average Bonchev–Trinajstić information content (AvgIpc) is 3.30. The Kier molecular flexibility index (Phi) is 6.30. The standard InChI is InChI=1S/C31H28N2O3/c1-5-35-30-21(4)31-26(27(18-36-31)24-12-8-10-22-9-6-7-11-23(22)24)16-25(30)20(3)15-29(34)33-28-14-13-19(2)17-32-28/h6-18H,5H2,1-4H3,(H,32,33,34)/b20-15+. The van der Waals surface area contributed by atoms with Gasteiger partial charge in [-0.25, -0.2) is 4.98 Å². The Morgan fingerprint density at radius 3 is 2.61 bits per heavy atom. The molecule has 5 aromatic rings. The lowest BCUT2D eigenvalue weighted by atomic mass is 9.94. The topological polar surface area (TPSA) is 64.4 Å². The van der Waals surface area contributed by atoms with Crippen LogP contribution in [0.4, 0.5) is 5.82 Å². The van der Waals surface area contributed by atoms with Gasteiger partial charge < -0.3 is 14.5 Å². The zero-order valence-electron chi connectivity index (χ0n) is 20.9. The lowest BCUT2D eigenvalue weighted by Gasteiger charge is -2.15. The van der Waals surface area contributed by atoms with Crippen LogP contribution in [-0.4, -0.2) is 17.5 Å². The van der Waals surface area contributed by atoms with Gasteiger partial charge in [0.15, 0.2) is 0 Å². The van der Waals surface area contributed by atoms with Crippen molar-refractivity contribution < 1.29 is 13.9 Å². The number of fused-ring (bicyclic) bond motifs is 2. The van der Waals surface area contributed by atoms with E-state index in [9.17, 15) is 4.79 Å². The van der Waals surface area contributed by atoms with Crippen LogP contribution in [0.3, 0.4) is 0 Å². The molecule has 1 amide bonds. The molecule has 0 fully saturated rings. The van der Waals surface area contributed by atoms with E-state index in [1.54, 1.807) is 18.3 Å². The van der Waals surface area contributed by atoms with E-state index in [1.165, 1.54) is 5.39 Å². The van der Waals surface area contributed by atoms with E-state index in [4.69, 9.17) is 9.15 Å². The number of hydrogen-bond donors (Lipinski definition) is 1. The van der Waals surface area contributed by atoms with Gasteiger partial charge in [0.25, 0.3) is 0 Å². The Morgan fingerprint density at radius 1 is 1.03 bits per heavy atom. The van der Waals surface area contributed by atoms with Crippen molar-refractivity contribution in [2.75, 3.05) is 11.9 Å². The van der Waals surface area contributed by atoms with Crippen molar-refractivity contribution in [1.29, 1.82) is 0 Å². The summed E-state index contributed by atoms with van der Waals surface area (Å²) in [4.78, 5) is 17.1. The quantitative estimate of drug-likeness (QED) is 0.255. The third-order valence-electron chi connectivity index (χ3n) is 6.35. The maximum absolute atomic E-state index is 12.8. The highest BCUT2D eigenvalue weighted by molar-refractivity contribution is 6.08. The second kappa shape index (κ2) is 9.70. The number of ether oxygens (including phenoxy) is 1. The van der Waals surface area contributed by atoms with E-state index in [-0.39, 0.29) is 5.91 Å². The summed E-state index contributed by atoms with van der Waals surface area (Å²) in [5, 5.41) is 6.15. The molecule has 3 aromatic carbocycles. The van der Waals surface area contributed by atoms with Crippen LogP contribution in [0.5, 0.6) is 5.75 Å². The fourth-order valence-electron chi connectivity index (χ4n) is 4.59. The minimum atomic E-state index is -0.245. The second-order valence-electron chi connectivity index (χ2n) is 8.90. The first-order valence-corrected chi connectivity index (χ1v) is 12.0. The van der Waals surface area contributed by atoms with Crippen LogP contribution in [-0.2, 0) is 4.79 Å². The predicted molar refractivity (Wildman–Crippen MR) is 146 cm³/mol. The van der Waals surface area contributed by atoms with Crippen LogP contribution in [0.2, 0.25) is 0 Å². The fourth-order valence-corrected chi connectivity index (χ4v) is 4.59. The number of amides is 1. The van der Waals surface area contributed by atoms with Gasteiger partial charge in [0.2, 0.25) is 5.91 Å². The highest BCUT2D eigenvalue weighted by atomic mass is 16.5. The molecule has 1 N–H and O–H groups in total. The van der Waals surface area contributed by atoms with Crippen molar-refractivity contribution >= 4 is 39.0 Å². The summed E-state index contributed by atoms with van der Waals surface area (Å²) < 4.78 is 12.1. The van der Waals surface area contributed by atoms with Gasteiger partial charge in [-0.3, -0.25) is 4.79 Å². The molecule has 0 spiro atoms. The summed E-state index contributed by atoms with van der Waals surface area (Å²) >= 11 is 0. The number of nitrogens with one attached hydrogen (secondary N) is 1. The van der Waals surface area contributed by atoms with E-state index in [0.29, 0.717) is 12.4 Å². The highest BCUT2D eigenvalue weighted by Crippen LogP contribution is 2.42. The molecule has 5 nitrogen and oxygen atoms in total. The molecule has 5 rings (SSSR count). The highest BCUT2D eigenvalue weighted by Gasteiger charge is 2.20. The molecule has 0 unspecified atom stereocenters. The molecule has 180 valence electrons. The molecule has 2 heterocycles. The number of rotatable bonds is 6. The van der Waals surface area contributed by atoms with E-state index in [2.05, 4.69) is 46.7 Å². The van der Waals surface area contributed by atoms with E-state index in [0.717, 1.165) is 55.5 Å². The number of nitrogens with zero attached hydrogens (tertiary/aromatic N) is 1. The van der Waals surface area contributed by atoms with Gasteiger partial charge >= 0.3 is 0 Å². The van der Waals surface area contributed by atoms with Crippen molar-refractivity contribution in [2.45, 2.75) is 27.7 Å². The monoisotopic (exact) mass is 476 g/mol. The number of aromatic nitrogens is 1. The zero-order valence-corrected chi connectivity index (χ0v) is 20.9. The number of anilines is 1. The fraction of sp³-hybridized carbons (Fsp3) is 0.161. The maximum atomic E-state index is 12.8. The number of carbonyl (C=O) groups is 1. The summed E-state index contributed by atoms with van der Waals surface area (Å²) in [6.45, 7) is 8.33. The summed E-state index contributed by atoms with van der Waals surface area (Å²) in [6.07, 6.45) is 5.13. The molecule has 0 saturated heterocycles. The number of furan rings is 1. The summed E-state index contributed by atoms with van der Waals surface area (Å²) in [5.41, 5.74) is 6.48. The van der Waals surface area contributed by atoms with Crippen molar-refractivity contribution in [3.05, 3.63) is 95.9 Å². The van der Waals surface area contributed by atoms with Gasteiger partial charge in [-0.05, 0) is 67.3 Å². The summed E-state index contributed by atoms with van der Waals surface area (Å²) in [6, 6.07) is 20.4. The van der Waals surface area contributed by atoms with Crippen molar-refractivity contribution in [3.63, 3.8) is 0 Å². The molecular weight excluding hydrogens is 448 g/mol. The van der Waals surface area contributed by atoms with Crippen LogP contribution in [0.25, 0.3) is 38.4 Å². The van der Waals surface area contributed by atoms with Crippen LogP contribution < -0.4 is 10.1 Å². The second-order valence-corrected chi connectivity index (χ2v) is 8.90. The van der Waals surface area contributed by atoms with Crippen LogP contribution in [0.1, 0.15) is 30.5 Å². The first kappa shape index (κ1) is 23.4. The number of benzene rings is 3. The lowest BCUT2D eigenvalue weighted by Crippen LogP contribution is -2.10. The van der Waals surface area contributed by atoms with Gasteiger partial charge in [-0.1, -0.05) is 48.5 Å². The smallest absolute Gasteiger partial charge is 0.249 e. The van der Waals surface area contributed by atoms with Gasteiger partial charge in [-0.15, -0.1) is 0 Å². The first-order valence-electron chi connectivity index (χ1n) is 12.0. The van der Waals surface area contributed by atoms with Gasteiger partial charge in [0.05, 0.1) is 12.9 Å². The minimum Gasteiger partial charge on any atom is -0.493 e. The van der Waals surface area contributed by atoms with Crippen LogP contribution >= 0.6 is 0 Å². The lowest BCUT2D eigenvalue weighted by molar-refractivity contribution is -0.111. The maximum Gasteiger partial charge on any atom is 0.249 e. The Labute approximate surface area is 210 Å². The third-order valence-corrected chi connectivity index (χ3v) is 6.35. The molecule has 0 aliphatic rings. The largest absolute Gasteiger partial charge is 0.493 e. The zero-order chi connectivity index (χ0) is 25.2. The van der Waals surface area contributed by atoms with E-state index in [1.807, 2.05) is 52.2 Å². The average molecular weight is 477 g/mol. The number of allylic oxidation sites excluding steroid dienone is 1. The van der Waals surface area contributed by atoms with Crippen molar-refractivity contribution in [3.8, 4) is 16.9 Å². The normalized spacial score (nSPS) is 11.7. The predicted octanol–water partition coefficient (Wildman–Crippen LogP) is 7.71. The Bertz CT molecular complexity index is 1610. The molecule has 0 aliphatic carbocycles. The molecule has 5 heteroatoms. The van der Waals surface area contributed by atoms with Crippen LogP contribution in [0, 0.1) is 13.8 Å². The molecule has 0 bridgehead atoms. The number of carbonyl (C=O) groups excluding carboxylic acids is 1. The van der Waals surface area contributed by atoms with Crippen molar-refractivity contribution in [1.82, 2.24) is 4.98 Å². The number of aryl methyl sites for hydroxylation is 2. The van der Waals surface area contributed by atoms with Gasteiger partial charge in [0, 0.05) is 34.3 Å². The summed E-state index contributed by atoms with van der Waals surface area (Å²) in [5.74, 6) is 0.990. The molecule has 0 saturated carbocycles. The molecule has 36 heavy (non-hydrogen) atoms. The molecule has 0 aliphatic heterocycles.